The Labute approximate surface area is 126 Å². The van der Waals surface area contributed by atoms with Gasteiger partial charge in [0.2, 0.25) is 0 Å². The average Bonchev–Trinajstić information content (AvgIpc) is 3.13. The molecule has 3 fully saturated rings. The average molecular weight is 274 g/mol. The van der Waals surface area contributed by atoms with Crippen LogP contribution in [0.2, 0.25) is 0 Å². The summed E-state index contributed by atoms with van der Waals surface area (Å²) in [6.07, 6.45) is 23.1. The molecule has 114 valence electrons. The van der Waals surface area contributed by atoms with Crippen LogP contribution in [-0.2, 0) is 0 Å². The number of rotatable bonds is 9. The van der Waals surface area contributed by atoms with E-state index < -0.39 is 0 Å². The summed E-state index contributed by atoms with van der Waals surface area (Å²) in [6.45, 7) is 3.80. The van der Waals surface area contributed by atoms with Crippen LogP contribution in [0.3, 0.4) is 0 Å². The van der Waals surface area contributed by atoms with Gasteiger partial charge in [-0.05, 0) is 74.5 Å². The fraction of sp³-hybridized carbons (Fsp3) is 0.900. The van der Waals surface area contributed by atoms with Crippen LogP contribution in [0.1, 0.15) is 89.9 Å². The van der Waals surface area contributed by atoms with Gasteiger partial charge in [0.25, 0.3) is 0 Å². The van der Waals surface area contributed by atoms with Crippen molar-refractivity contribution in [3.63, 3.8) is 0 Å². The molecule has 0 N–H and O–H groups in total. The molecule has 0 radical (unpaired) electrons. The molecule has 0 nitrogen and oxygen atoms in total. The van der Waals surface area contributed by atoms with Crippen LogP contribution >= 0.6 is 0 Å². The van der Waals surface area contributed by atoms with E-state index in [2.05, 4.69) is 12.7 Å². The van der Waals surface area contributed by atoms with Gasteiger partial charge in [-0.1, -0.05) is 44.6 Å². The highest BCUT2D eigenvalue weighted by Crippen LogP contribution is 2.67. The van der Waals surface area contributed by atoms with Crippen molar-refractivity contribution >= 4 is 0 Å². The molecule has 0 aliphatic heterocycles. The second kappa shape index (κ2) is 6.67. The van der Waals surface area contributed by atoms with Crippen molar-refractivity contribution < 1.29 is 0 Å². The summed E-state index contributed by atoms with van der Waals surface area (Å²) in [4.78, 5) is 0. The van der Waals surface area contributed by atoms with Crippen molar-refractivity contribution in [1.82, 2.24) is 0 Å². The predicted molar refractivity (Wildman–Crippen MR) is 87.7 cm³/mol. The molecule has 0 aromatic carbocycles. The third-order valence-corrected chi connectivity index (χ3v) is 6.98. The molecular weight excluding hydrogens is 240 g/mol. The van der Waals surface area contributed by atoms with Gasteiger partial charge in [-0.15, -0.1) is 6.58 Å². The van der Waals surface area contributed by atoms with E-state index in [1.165, 1.54) is 50.9 Å². The number of fused-ring (bicyclic) bond motifs is 5. The minimum absolute atomic E-state index is 0.842. The minimum atomic E-state index is 0.842. The highest BCUT2D eigenvalue weighted by molar-refractivity contribution is 5.07. The van der Waals surface area contributed by atoms with E-state index in [9.17, 15) is 0 Å². The first-order valence-corrected chi connectivity index (χ1v) is 9.47. The molecule has 0 heteroatoms. The lowest BCUT2D eigenvalue weighted by Gasteiger charge is -2.36. The number of hydrogen-bond acceptors (Lipinski definition) is 0. The first-order valence-electron chi connectivity index (χ1n) is 9.47. The van der Waals surface area contributed by atoms with Crippen LogP contribution in [0.5, 0.6) is 0 Å². The predicted octanol–water partition coefficient (Wildman–Crippen LogP) is 6.51. The summed E-state index contributed by atoms with van der Waals surface area (Å²) in [7, 11) is 0. The summed E-state index contributed by atoms with van der Waals surface area (Å²) in [5.74, 6) is 3.48. The highest BCUT2D eigenvalue weighted by atomic mass is 14.6. The van der Waals surface area contributed by atoms with E-state index in [0.717, 1.165) is 17.3 Å². The van der Waals surface area contributed by atoms with Gasteiger partial charge in [0.15, 0.2) is 0 Å². The Kier molecular flexibility index (Phi) is 4.89. The molecule has 4 unspecified atom stereocenters. The monoisotopic (exact) mass is 274 g/mol. The van der Waals surface area contributed by atoms with Gasteiger partial charge in [0.1, 0.15) is 0 Å². The zero-order chi connectivity index (χ0) is 13.8. The largest absolute Gasteiger partial charge is 0.103 e. The summed E-state index contributed by atoms with van der Waals surface area (Å²) < 4.78 is 0. The van der Waals surface area contributed by atoms with Crippen molar-refractivity contribution in [2.45, 2.75) is 89.9 Å². The lowest BCUT2D eigenvalue weighted by Crippen LogP contribution is -2.27. The molecule has 0 aromatic rings. The second-order valence-corrected chi connectivity index (χ2v) is 8.02. The maximum atomic E-state index is 3.80. The quantitative estimate of drug-likeness (QED) is 0.332. The van der Waals surface area contributed by atoms with E-state index in [1.54, 1.807) is 44.9 Å². The lowest BCUT2D eigenvalue weighted by atomic mass is 9.69. The van der Waals surface area contributed by atoms with Crippen LogP contribution in [0.4, 0.5) is 0 Å². The van der Waals surface area contributed by atoms with Gasteiger partial charge in [0, 0.05) is 0 Å². The van der Waals surface area contributed by atoms with Crippen molar-refractivity contribution in [1.29, 1.82) is 0 Å². The Bertz CT molecular complexity index is 318. The number of hydrogen-bond donors (Lipinski definition) is 0. The van der Waals surface area contributed by atoms with Gasteiger partial charge in [0.05, 0.1) is 0 Å². The zero-order valence-corrected chi connectivity index (χ0v) is 13.4. The molecule has 0 aromatic heterocycles. The van der Waals surface area contributed by atoms with Gasteiger partial charge in [-0.3, -0.25) is 0 Å². The maximum Gasteiger partial charge on any atom is -0.0264 e. The SMILES string of the molecule is C=CCCCCCCCCC12CCC(C1)C1CCCC12. The molecule has 3 rings (SSSR count). The van der Waals surface area contributed by atoms with Gasteiger partial charge < -0.3 is 0 Å². The van der Waals surface area contributed by atoms with Crippen LogP contribution in [-0.4, -0.2) is 0 Å². The van der Waals surface area contributed by atoms with Crippen LogP contribution in [0, 0.1) is 23.2 Å². The molecule has 0 amide bonds. The standard InChI is InChI=1S/C20H34/c1-2-3-4-5-6-7-8-9-14-20-15-13-17(16-20)18-11-10-12-19(18)20/h2,17-19H,1,3-16H2. The molecule has 2 bridgehead atoms. The topological polar surface area (TPSA) is 0 Å². The Balaban J connectivity index is 1.33. The van der Waals surface area contributed by atoms with Gasteiger partial charge in [-0.2, -0.15) is 0 Å². The van der Waals surface area contributed by atoms with Crippen molar-refractivity contribution in [2.75, 3.05) is 0 Å². The third-order valence-electron chi connectivity index (χ3n) is 6.98. The molecule has 3 saturated carbocycles. The van der Waals surface area contributed by atoms with Crippen LogP contribution in [0.25, 0.3) is 0 Å². The Morgan fingerprint density at radius 3 is 2.60 bits per heavy atom. The molecule has 4 atom stereocenters. The second-order valence-electron chi connectivity index (χ2n) is 8.02. The first kappa shape index (κ1) is 14.7. The normalized spacial score (nSPS) is 38.3. The Morgan fingerprint density at radius 2 is 1.75 bits per heavy atom. The third kappa shape index (κ3) is 2.85. The van der Waals surface area contributed by atoms with Crippen molar-refractivity contribution in [2.24, 2.45) is 23.2 Å². The van der Waals surface area contributed by atoms with E-state index in [0.29, 0.717) is 0 Å². The molecule has 3 aliphatic rings. The molecule has 3 aliphatic carbocycles. The number of unbranched alkanes of at least 4 members (excludes halogenated alkanes) is 6. The smallest absolute Gasteiger partial charge is 0.0264 e. The van der Waals surface area contributed by atoms with E-state index >= 15 is 0 Å². The number of allylic oxidation sites excluding steroid dienone is 1. The maximum absolute atomic E-state index is 3.80. The fourth-order valence-electron chi connectivity index (χ4n) is 6.10. The summed E-state index contributed by atoms with van der Waals surface area (Å²) >= 11 is 0. The highest BCUT2D eigenvalue weighted by Gasteiger charge is 2.57. The minimum Gasteiger partial charge on any atom is -0.103 e. The van der Waals surface area contributed by atoms with E-state index in [1.807, 2.05) is 0 Å². The lowest BCUT2D eigenvalue weighted by molar-refractivity contribution is 0.136. The fourth-order valence-corrected chi connectivity index (χ4v) is 6.10. The molecule has 20 heavy (non-hydrogen) atoms. The molecule has 0 heterocycles. The van der Waals surface area contributed by atoms with Gasteiger partial charge >= 0.3 is 0 Å². The van der Waals surface area contributed by atoms with E-state index in [4.69, 9.17) is 0 Å². The zero-order valence-electron chi connectivity index (χ0n) is 13.4. The van der Waals surface area contributed by atoms with Crippen LogP contribution < -0.4 is 0 Å². The van der Waals surface area contributed by atoms with Gasteiger partial charge in [-0.25, -0.2) is 0 Å². The summed E-state index contributed by atoms with van der Waals surface area (Å²) in [6, 6.07) is 0. The summed E-state index contributed by atoms with van der Waals surface area (Å²) in [5, 5.41) is 0. The van der Waals surface area contributed by atoms with Crippen molar-refractivity contribution in [3.05, 3.63) is 12.7 Å². The van der Waals surface area contributed by atoms with Crippen molar-refractivity contribution in [3.8, 4) is 0 Å². The first-order chi connectivity index (χ1) is 9.86. The summed E-state index contributed by atoms with van der Waals surface area (Å²) in [5.41, 5.74) is 0.842. The molecule has 0 spiro atoms. The molecular formula is C20H34. The molecule has 0 saturated heterocycles. The van der Waals surface area contributed by atoms with Crippen LogP contribution in [0.15, 0.2) is 12.7 Å². The Hall–Kier alpha value is -0.260. The van der Waals surface area contributed by atoms with E-state index in [-0.39, 0.29) is 0 Å². The Morgan fingerprint density at radius 1 is 0.950 bits per heavy atom.